The van der Waals surface area contributed by atoms with Gasteiger partial charge >= 0.3 is 0 Å². The van der Waals surface area contributed by atoms with Crippen LogP contribution in [-0.4, -0.2) is 65.9 Å². The Balaban J connectivity index is 1.82. The lowest BCUT2D eigenvalue weighted by Gasteiger charge is -2.12. The highest BCUT2D eigenvalue weighted by Gasteiger charge is 2.23. The molecule has 0 saturated heterocycles. The summed E-state index contributed by atoms with van der Waals surface area (Å²) in [6.45, 7) is -0.00134. The topological polar surface area (TPSA) is 174 Å². The minimum absolute atomic E-state index is 0.00134. The molecule has 14 nitrogen and oxygen atoms in total. The van der Waals surface area contributed by atoms with Gasteiger partial charge in [-0.2, -0.15) is 9.78 Å². The number of carbonyl (C=O) groups is 1. The van der Waals surface area contributed by atoms with Crippen molar-refractivity contribution in [3.05, 3.63) is 29.1 Å². The van der Waals surface area contributed by atoms with Crippen molar-refractivity contribution in [1.29, 1.82) is 0 Å². The second-order valence-corrected chi connectivity index (χ2v) is 5.86. The number of anilines is 1. The van der Waals surface area contributed by atoms with Crippen LogP contribution in [0.2, 0.25) is 0 Å². The summed E-state index contributed by atoms with van der Waals surface area (Å²) in [6, 6.07) is 3.34. The summed E-state index contributed by atoms with van der Waals surface area (Å²) in [5.74, 6) is 0.761. The van der Waals surface area contributed by atoms with Gasteiger partial charge < -0.3 is 24.7 Å². The summed E-state index contributed by atoms with van der Waals surface area (Å²) < 4.78 is 26.7. The highest BCUT2D eigenvalue weighted by molar-refractivity contribution is 5.94. The first kappa shape index (κ1) is 21.5. The van der Waals surface area contributed by atoms with Crippen molar-refractivity contribution in [2.75, 3.05) is 34.2 Å². The SMILES string of the molecule is COCc1c(C(=O)N/N=C\c2cc(OC)c(OC)c(OC)c2)nnn1-c1nonc1N. The molecule has 0 radical (unpaired) electrons. The third kappa shape index (κ3) is 4.37. The van der Waals surface area contributed by atoms with Crippen molar-refractivity contribution in [3.8, 4) is 23.1 Å². The first-order valence-electron chi connectivity index (χ1n) is 8.69. The highest BCUT2D eigenvalue weighted by Crippen LogP contribution is 2.37. The number of nitrogens with one attached hydrogen (secondary N) is 1. The number of nitrogens with two attached hydrogens (primary N) is 1. The average molecular weight is 432 g/mol. The van der Waals surface area contributed by atoms with Crippen LogP contribution in [0.5, 0.6) is 17.2 Å². The Morgan fingerprint density at radius 2 is 1.90 bits per heavy atom. The van der Waals surface area contributed by atoms with Crippen molar-refractivity contribution >= 4 is 17.9 Å². The van der Waals surface area contributed by atoms with Crippen LogP contribution >= 0.6 is 0 Å². The van der Waals surface area contributed by atoms with E-state index < -0.39 is 5.91 Å². The molecule has 164 valence electrons. The molecule has 2 heterocycles. The fourth-order valence-electron chi connectivity index (χ4n) is 2.65. The lowest BCUT2D eigenvalue weighted by Crippen LogP contribution is -2.20. The van der Waals surface area contributed by atoms with E-state index in [1.165, 1.54) is 39.3 Å². The van der Waals surface area contributed by atoms with E-state index in [0.29, 0.717) is 22.8 Å². The predicted octanol–water partition coefficient (Wildman–Crippen LogP) is 0.169. The molecule has 0 saturated carbocycles. The summed E-state index contributed by atoms with van der Waals surface area (Å²) in [7, 11) is 5.95. The fraction of sp³-hybridized carbons (Fsp3) is 0.294. The molecule has 0 aliphatic rings. The largest absolute Gasteiger partial charge is 0.493 e. The van der Waals surface area contributed by atoms with Gasteiger partial charge in [0.1, 0.15) is 5.69 Å². The molecule has 3 aromatic rings. The van der Waals surface area contributed by atoms with E-state index in [9.17, 15) is 4.79 Å². The normalized spacial score (nSPS) is 11.0. The molecule has 3 N–H and O–H groups in total. The number of ether oxygens (including phenoxy) is 4. The lowest BCUT2D eigenvalue weighted by atomic mass is 10.2. The standard InChI is InChI=1S/C17H20N8O6/c1-27-8-10-13(20-24-25(10)16-15(18)22-31-23-16)17(26)21-19-7-9-5-11(28-2)14(30-4)12(6-9)29-3/h5-7H,8H2,1-4H3,(H2,18,22)(H,21,26)/b19-7-. The molecular formula is C17H20N8O6. The molecule has 31 heavy (non-hydrogen) atoms. The van der Waals surface area contributed by atoms with E-state index in [4.69, 9.17) is 24.7 Å². The Morgan fingerprint density at radius 3 is 2.45 bits per heavy atom. The van der Waals surface area contributed by atoms with E-state index in [0.717, 1.165) is 0 Å². The van der Waals surface area contributed by atoms with Crippen LogP contribution in [-0.2, 0) is 11.3 Å². The van der Waals surface area contributed by atoms with Crippen LogP contribution in [0.1, 0.15) is 21.7 Å². The van der Waals surface area contributed by atoms with Crippen molar-refractivity contribution < 1.29 is 28.4 Å². The molecule has 0 aliphatic carbocycles. The number of aromatic nitrogens is 5. The van der Waals surface area contributed by atoms with Gasteiger partial charge in [0.05, 0.1) is 34.2 Å². The molecule has 0 fully saturated rings. The summed E-state index contributed by atoms with van der Waals surface area (Å²) in [5.41, 5.74) is 8.91. The summed E-state index contributed by atoms with van der Waals surface area (Å²) in [6.07, 6.45) is 1.41. The van der Waals surface area contributed by atoms with Gasteiger partial charge in [0.25, 0.3) is 5.91 Å². The number of methoxy groups -OCH3 is 4. The van der Waals surface area contributed by atoms with Gasteiger partial charge in [0.15, 0.2) is 17.2 Å². The predicted molar refractivity (Wildman–Crippen MR) is 105 cm³/mol. The Bertz CT molecular complexity index is 1070. The van der Waals surface area contributed by atoms with Crippen LogP contribution in [0.3, 0.4) is 0 Å². The number of nitrogens with zero attached hydrogens (tertiary/aromatic N) is 6. The zero-order valence-corrected chi connectivity index (χ0v) is 17.1. The van der Waals surface area contributed by atoms with E-state index >= 15 is 0 Å². The molecule has 0 spiro atoms. The van der Waals surface area contributed by atoms with E-state index in [-0.39, 0.29) is 29.6 Å². The fourth-order valence-corrected chi connectivity index (χ4v) is 2.65. The molecule has 0 atom stereocenters. The maximum absolute atomic E-state index is 12.6. The zero-order valence-electron chi connectivity index (χ0n) is 17.1. The monoisotopic (exact) mass is 432 g/mol. The van der Waals surface area contributed by atoms with Crippen molar-refractivity contribution in [3.63, 3.8) is 0 Å². The quantitative estimate of drug-likeness (QED) is 0.348. The molecule has 1 amide bonds. The Morgan fingerprint density at radius 1 is 1.19 bits per heavy atom. The van der Waals surface area contributed by atoms with Crippen LogP contribution in [0.15, 0.2) is 21.9 Å². The molecule has 1 aromatic carbocycles. The van der Waals surface area contributed by atoms with Gasteiger partial charge in [0, 0.05) is 12.7 Å². The molecule has 2 aromatic heterocycles. The number of hydrogen-bond donors (Lipinski definition) is 2. The van der Waals surface area contributed by atoms with Crippen molar-refractivity contribution in [2.24, 2.45) is 5.10 Å². The number of hydrazone groups is 1. The second-order valence-electron chi connectivity index (χ2n) is 5.86. The first-order valence-corrected chi connectivity index (χ1v) is 8.69. The number of hydrogen-bond acceptors (Lipinski definition) is 12. The molecule has 0 bridgehead atoms. The molecule has 14 heteroatoms. The van der Waals surface area contributed by atoms with Crippen LogP contribution in [0, 0.1) is 0 Å². The van der Waals surface area contributed by atoms with Crippen LogP contribution in [0.25, 0.3) is 5.82 Å². The van der Waals surface area contributed by atoms with Crippen molar-refractivity contribution in [2.45, 2.75) is 6.61 Å². The minimum atomic E-state index is -0.628. The zero-order chi connectivity index (χ0) is 22.4. The maximum Gasteiger partial charge on any atom is 0.293 e. The van der Waals surface area contributed by atoms with E-state index in [1.54, 1.807) is 12.1 Å². The molecule has 0 unspecified atom stereocenters. The first-order chi connectivity index (χ1) is 15.0. The van der Waals surface area contributed by atoms with Gasteiger partial charge in [-0.25, -0.2) is 10.1 Å². The van der Waals surface area contributed by atoms with Gasteiger partial charge in [-0.05, 0) is 22.4 Å². The maximum atomic E-state index is 12.6. The molecular weight excluding hydrogens is 412 g/mol. The third-order valence-electron chi connectivity index (χ3n) is 4.02. The number of benzene rings is 1. The minimum Gasteiger partial charge on any atom is -0.493 e. The van der Waals surface area contributed by atoms with Crippen LogP contribution in [0.4, 0.5) is 5.82 Å². The number of carbonyl (C=O) groups excluding carboxylic acids is 1. The Labute approximate surface area is 175 Å². The van der Waals surface area contributed by atoms with E-state index in [1.807, 2.05) is 0 Å². The smallest absolute Gasteiger partial charge is 0.293 e. The Kier molecular flexibility index (Phi) is 6.61. The summed E-state index contributed by atoms with van der Waals surface area (Å²) >= 11 is 0. The van der Waals surface area contributed by atoms with E-state index in [2.05, 4.69) is 35.8 Å². The number of nitrogen functional groups attached to an aromatic ring is 1. The Hall–Kier alpha value is -4.20. The summed E-state index contributed by atoms with van der Waals surface area (Å²) in [5, 5.41) is 18.8. The number of amides is 1. The molecule has 0 aliphatic heterocycles. The van der Waals surface area contributed by atoms with Crippen molar-refractivity contribution in [1.82, 2.24) is 30.7 Å². The van der Waals surface area contributed by atoms with Crippen LogP contribution < -0.4 is 25.4 Å². The van der Waals surface area contributed by atoms with Gasteiger partial charge in [-0.3, -0.25) is 4.79 Å². The summed E-state index contributed by atoms with van der Waals surface area (Å²) in [4.78, 5) is 12.6. The van der Waals surface area contributed by atoms with Gasteiger partial charge in [-0.15, -0.1) is 5.10 Å². The highest BCUT2D eigenvalue weighted by atomic mass is 16.6. The van der Waals surface area contributed by atoms with Gasteiger partial charge in [-0.1, -0.05) is 5.21 Å². The third-order valence-corrected chi connectivity index (χ3v) is 4.02. The average Bonchev–Trinajstić information content (AvgIpc) is 3.38. The molecule has 3 rings (SSSR count). The lowest BCUT2D eigenvalue weighted by molar-refractivity contribution is 0.0944. The number of rotatable bonds is 9. The second kappa shape index (κ2) is 9.53. The van der Waals surface area contributed by atoms with Gasteiger partial charge in [0.2, 0.25) is 17.4 Å².